The number of rotatable bonds is 2. The average Bonchev–Trinajstić information content (AvgIpc) is 1.80. The van der Waals surface area contributed by atoms with Gasteiger partial charge in [0.1, 0.15) is 0 Å². The van der Waals surface area contributed by atoms with Crippen LogP contribution in [0, 0.1) is 12.3 Å². The monoisotopic (exact) mass is 144 g/mol. The van der Waals surface area contributed by atoms with E-state index in [-0.39, 0.29) is 6.61 Å². The van der Waals surface area contributed by atoms with Crippen molar-refractivity contribution >= 4 is 5.97 Å². The molecule has 2 nitrogen and oxygen atoms in total. The summed E-state index contributed by atoms with van der Waals surface area (Å²) in [6, 6.07) is 0. The van der Waals surface area contributed by atoms with Gasteiger partial charge in [-0.2, -0.15) is 0 Å². The maximum absolute atomic E-state index is 12.6. The summed E-state index contributed by atoms with van der Waals surface area (Å²) in [5, 5.41) is 0. The molecule has 0 aliphatic carbocycles. The summed E-state index contributed by atoms with van der Waals surface area (Å²) < 4.78 is 16.9. The average molecular weight is 144 g/mol. The number of ether oxygens (including phenoxy) is 1. The molecule has 0 aromatic rings. The van der Waals surface area contributed by atoms with Gasteiger partial charge in [0.25, 0.3) is 0 Å². The molecule has 0 aliphatic heterocycles. The van der Waals surface area contributed by atoms with Gasteiger partial charge in [0.2, 0.25) is 5.67 Å². The van der Waals surface area contributed by atoms with Gasteiger partial charge in [-0.05, 0) is 13.8 Å². The fourth-order valence-electron chi connectivity index (χ4n) is 0.279. The smallest absolute Gasteiger partial charge is 0.344 e. The molecule has 10 heavy (non-hydrogen) atoms. The highest BCUT2D eigenvalue weighted by atomic mass is 19.1. The van der Waals surface area contributed by atoms with Crippen molar-refractivity contribution in [2.75, 3.05) is 6.61 Å². The lowest BCUT2D eigenvalue weighted by atomic mass is 10.2. The van der Waals surface area contributed by atoms with Gasteiger partial charge < -0.3 is 4.74 Å². The van der Waals surface area contributed by atoms with E-state index in [0.717, 1.165) is 13.8 Å². The Hall–Kier alpha value is -1.04. The van der Waals surface area contributed by atoms with Gasteiger partial charge in [0, 0.05) is 0 Å². The van der Waals surface area contributed by atoms with Crippen LogP contribution in [0.3, 0.4) is 0 Å². The minimum absolute atomic E-state index is 0.174. The SMILES string of the molecule is C#CCOC(=O)C(C)(C)F. The molecule has 0 amide bonds. The Morgan fingerprint density at radius 1 is 1.80 bits per heavy atom. The van der Waals surface area contributed by atoms with Crippen LogP contribution in [0.2, 0.25) is 0 Å². The molecule has 0 aromatic heterocycles. The van der Waals surface area contributed by atoms with E-state index in [1.165, 1.54) is 0 Å². The predicted molar refractivity (Wildman–Crippen MR) is 35.0 cm³/mol. The Kier molecular flexibility index (Phi) is 2.88. The molecule has 0 saturated heterocycles. The van der Waals surface area contributed by atoms with Crippen LogP contribution in [0.15, 0.2) is 0 Å². The van der Waals surface area contributed by atoms with Gasteiger partial charge >= 0.3 is 5.97 Å². The largest absolute Gasteiger partial charge is 0.450 e. The first kappa shape index (κ1) is 8.96. The Morgan fingerprint density at radius 3 is 2.60 bits per heavy atom. The number of alkyl halides is 1. The highest BCUT2D eigenvalue weighted by Gasteiger charge is 2.27. The Labute approximate surface area is 59.4 Å². The molecule has 0 atom stereocenters. The standard InChI is InChI=1S/C7H9FO2/c1-4-5-10-6(9)7(2,3)8/h1H,5H2,2-3H3. The van der Waals surface area contributed by atoms with E-state index in [4.69, 9.17) is 6.42 Å². The second kappa shape index (κ2) is 3.21. The number of carbonyl (C=O) groups is 1. The Bertz CT molecular complexity index is 161. The summed E-state index contributed by atoms with van der Waals surface area (Å²) in [6.07, 6.45) is 4.77. The van der Waals surface area contributed by atoms with Crippen LogP contribution < -0.4 is 0 Å². The summed E-state index contributed by atoms with van der Waals surface area (Å²) >= 11 is 0. The first-order chi connectivity index (χ1) is 4.48. The van der Waals surface area contributed by atoms with Gasteiger partial charge in [-0.25, -0.2) is 9.18 Å². The van der Waals surface area contributed by atoms with Crippen LogP contribution in [0.25, 0.3) is 0 Å². The fourth-order valence-corrected chi connectivity index (χ4v) is 0.279. The zero-order valence-electron chi connectivity index (χ0n) is 5.98. The first-order valence-electron chi connectivity index (χ1n) is 2.78. The van der Waals surface area contributed by atoms with Crippen LogP contribution in [0.4, 0.5) is 4.39 Å². The molecule has 0 aromatic carbocycles. The fraction of sp³-hybridized carbons (Fsp3) is 0.571. The first-order valence-corrected chi connectivity index (χ1v) is 2.78. The van der Waals surface area contributed by atoms with Crippen LogP contribution in [-0.4, -0.2) is 18.2 Å². The van der Waals surface area contributed by atoms with Gasteiger partial charge in [0.05, 0.1) is 0 Å². The third-order valence-corrected chi connectivity index (χ3v) is 0.772. The lowest BCUT2D eigenvalue weighted by Gasteiger charge is -2.10. The molecule has 0 rings (SSSR count). The number of terminal acetylenes is 1. The van der Waals surface area contributed by atoms with E-state index in [1.54, 1.807) is 0 Å². The summed E-state index contributed by atoms with van der Waals surface area (Å²) in [6.45, 7) is 2.06. The lowest BCUT2D eigenvalue weighted by molar-refractivity contribution is -0.153. The second-order valence-electron chi connectivity index (χ2n) is 2.25. The second-order valence-corrected chi connectivity index (χ2v) is 2.25. The van der Waals surface area contributed by atoms with E-state index in [0.29, 0.717) is 0 Å². The van der Waals surface area contributed by atoms with Gasteiger partial charge in [0.15, 0.2) is 6.61 Å². The topological polar surface area (TPSA) is 26.3 Å². The Morgan fingerprint density at radius 2 is 2.30 bits per heavy atom. The van der Waals surface area contributed by atoms with Gasteiger partial charge in [-0.3, -0.25) is 0 Å². The molecular formula is C7H9FO2. The van der Waals surface area contributed by atoms with Crippen molar-refractivity contribution in [2.24, 2.45) is 0 Å². The Balaban J connectivity index is 3.78. The summed E-state index contributed by atoms with van der Waals surface area (Å²) in [5.74, 6) is 1.14. The number of hydrogen-bond donors (Lipinski definition) is 0. The number of esters is 1. The van der Waals surface area contributed by atoms with Crippen molar-refractivity contribution in [1.82, 2.24) is 0 Å². The minimum Gasteiger partial charge on any atom is -0.450 e. The van der Waals surface area contributed by atoms with E-state index >= 15 is 0 Å². The minimum atomic E-state index is -1.95. The molecule has 0 heterocycles. The molecule has 0 aliphatic rings. The van der Waals surface area contributed by atoms with Crippen molar-refractivity contribution in [2.45, 2.75) is 19.5 Å². The third-order valence-electron chi connectivity index (χ3n) is 0.772. The molecule has 0 spiro atoms. The maximum atomic E-state index is 12.6. The molecule has 0 N–H and O–H groups in total. The normalized spacial score (nSPS) is 10.2. The van der Waals surface area contributed by atoms with E-state index in [1.807, 2.05) is 0 Å². The molecule has 0 bridgehead atoms. The zero-order chi connectivity index (χ0) is 8.20. The molecule has 0 fully saturated rings. The van der Waals surface area contributed by atoms with Crippen molar-refractivity contribution < 1.29 is 13.9 Å². The molecule has 56 valence electrons. The van der Waals surface area contributed by atoms with Crippen LogP contribution in [0.1, 0.15) is 13.8 Å². The maximum Gasteiger partial charge on any atom is 0.344 e. The van der Waals surface area contributed by atoms with E-state index in [2.05, 4.69) is 10.7 Å². The van der Waals surface area contributed by atoms with Crippen LogP contribution >= 0.6 is 0 Å². The van der Waals surface area contributed by atoms with E-state index < -0.39 is 11.6 Å². The zero-order valence-corrected chi connectivity index (χ0v) is 5.98. The number of halogens is 1. The van der Waals surface area contributed by atoms with Crippen LogP contribution in [-0.2, 0) is 9.53 Å². The number of hydrogen-bond acceptors (Lipinski definition) is 2. The molecule has 0 saturated carbocycles. The van der Waals surface area contributed by atoms with Crippen molar-refractivity contribution in [3.05, 3.63) is 0 Å². The lowest BCUT2D eigenvalue weighted by Crippen LogP contribution is -2.28. The van der Waals surface area contributed by atoms with Crippen molar-refractivity contribution in [3.63, 3.8) is 0 Å². The predicted octanol–water partition coefficient (Wildman–Crippen LogP) is 0.911. The third kappa shape index (κ3) is 3.08. The molecule has 0 radical (unpaired) electrons. The van der Waals surface area contributed by atoms with Crippen molar-refractivity contribution in [1.29, 1.82) is 0 Å². The number of carbonyl (C=O) groups excluding carboxylic acids is 1. The summed E-state index contributed by atoms with van der Waals surface area (Å²) in [7, 11) is 0. The summed E-state index contributed by atoms with van der Waals surface area (Å²) in [4.78, 5) is 10.5. The van der Waals surface area contributed by atoms with E-state index in [9.17, 15) is 9.18 Å². The van der Waals surface area contributed by atoms with Crippen molar-refractivity contribution in [3.8, 4) is 12.3 Å². The molecule has 3 heteroatoms. The highest BCUT2D eigenvalue weighted by molar-refractivity contribution is 5.78. The van der Waals surface area contributed by atoms with Crippen LogP contribution in [0.5, 0.6) is 0 Å². The quantitative estimate of drug-likeness (QED) is 0.425. The summed E-state index contributed by atoms with van der Waals surface area (Å²) in [5.41, 5.74) is -1.95. The van der Waals surface area contributed by atoms with Gasteiger partial charge in [-0.15, -0.1) is 6.42 Å². The van der Waals surface area contributed by atoms with Gasteiger partial charge in [-0.1, -0.05) is 5.92 Å². The molecular weight excluding hydrogens is 135 g/mol. The highest BCUT2D eigenvalue weighted by Crippen LogP contribution is 2.09. The molecule has 0 unspecified atom stereocenters.